The molecule has 2 aromatic carbocycles. The van der Waals surface area contributed by atoms with Crippen LogP contribution in [0.3, 0.4) is 0 Å². The molecule has 4 rings (SSSR count). The maximum atomic E-state index is 13.3. The van der Waals surface area contributed by atoms with Crippen LogP contribution in [-0.2, 0) is 14.3 Å². The van der Waals surface area contributed by atoms with Gasteiger partial charge in [0.1, 0.15) is 17.3 Å². The Labute approximate surface area is 212 Å². The summed E-state index contributed by atoms with van der Waals surface area (Å²) < 4.78 is 16.5. The monoisotopic (exact) mass is 494 g/mol. The Kier molecular flexibility index (Phi) is 8.61. The van der Waals surface area contributed by atoms with Crippen LogP contribution in [0, 0.1) is 0 Å². The summed E-state index contributed by atoms with van der Waals surface area (Å²) in [6.45, 7) is 6.86. The summed E-state index contributed by atoms with van der Waals surface area (Å²) in [4.78, 5) is 30.4. The zero-order valence-electron chi connectivity index (χ0n) is 20.9. The van der Waals surface area contributed by atoms with E-state index in [0.717, 1.165) is 26.1 Å². The largest absolute Gasteiger partial charge is 0.507 e. The second-order valence-electron chi connectivity index (χ2n) is 8.95. The second-order valence-corrected chi connectivity index (χ2v) is 8.95. The maximum absolute atomic E-state index is 13.3. The predicted molar refractivity (Wildman–Crippen MR) is 136 cm³/mol. The first-order valence-corrected chi connectivity index (χ1v) is 12.5. The smallest absolute Gasteiger partial charge is 0.295 e. The average Bonchev–Trinajstić information content (AvgIpc) is 3.17. The molecule has 1 amide bonds. The van der Waals surface area contributed by atoms with Gasteiger partial charge < -0.3 is 24.2 Å². The number of morpholine rings is 1. The molecule has 2 heterocycles. The van der Waals surface area contributed by atoms with Crippen molar-refractivity contribution >= 4 is 17.4 Å². The zero-order chi connectivity index (χ0) is 25.5. The standard InChI is InChI=1S/C28H34N2O6/c1-3-15-36-23-10-5-8-21(19-23)26(31)24-25(20-7-4-9-22(18-20)34-2)30(28(33)27(24)32)12-6-11-29-13-16-35-17-14-29/h4-5,7-10,18-19,25,31H,3,6,11-17H2,1-2H3. The number of ketones is 1. The van der Waals surface area contributed by atoms with Gasteiger partial charge in [-0.1, -0.05) is 31.2 Å². The third kappa shape index (κ3) is 5.71. The number of hydrogen-bond acceptors (Lipinski definition) is 7. The SMILES string of the molecule is CCCOc1cccc(C(O)=C2C(=O)C(=O)N(CCCN3CCOCC3)C2c2cccc(OC)c2)c1. The van der Waals surface area contributed by atoms with E-state index < -0.39 is 17.7 Å². The van der Waals surface area contributed by atoms with Crippen LogP contribution in [0.15, 0.2) is 54.1 Å². The molecule has 0 aliphatic carbocycles. The van der Waals surface area contributed by atoms with Gasteiger partial charge in [0.15, 0.2) is 0 Å². The number of aliphatic hydroxyl groups is 1. The normalized spacial score (nSPS) is 20.1. The predicted octanol–water partition coefficient (Wildman–Crippen LogP) is 3.63. The summed E-state index contributed by atoms with van der Waals surface area (Å²) in [5, 5.41) is 11.3. The zero-order valence-corrected chi connectivity index (χ0v) is 20.9. The second kappa shape index (κ2) is 12.1. The molecule has 0 aromatic heterocycles. The lowest BCUT2D eigenvalue weighted by molar-refractivity contribution is -0.140. The summed E-state index contributed by atoms with van der Waals surface area (Å²) in [5.74, 6) is -0.296. The fourth-order valence-corrected chi connectivity index (χ4v) is 4.67. The Morgan fingerprint density at radius 1 is 1.06 bits per heavy atom. The quantitative estimate of drug-likeness (QED) is 0.307. The first kappa shape index (κ1) is 25.7. The Balaban J connectivity index is 1.68. The summed E-state index contributed by atoms with van der Waals surface area (Å²) >= 11 is 0. The van der Waals surface area contributed by atoms with Crippen LogP contribution in [0.1, 0.15) is 36.9 Å². The highest BCUT2D eigenvalue weighted by molar-refractivity contribution is 6.46. The number of rotatable bonds is 10. The first-order valence-electron chi connectivity index (χ1n) is 12.5. The number of Topliss-reactive ketones (excluding diaryl/α,β-unsaturated/α-hetero) is 1. The van der Waals surface area contributed by atoms with Crippen LogP contribution in [0.4, 0.5) is 0 Å². The number of hydrogen-bond donors (Lipinski definition) is 1. The van der Waals surface area contributed by atoms with E-state index in [4.69, 9.17) is 14.2 Å². The molecule has 0 spiro atoms. The first-order chi connectivity index (χ1) is 17.5. The molecule has 2 aliphatic heterocycles. The lowest BCUT2D eigenvalue weighted by atomic mass is 9.95. The van der Waals surface area contributed by atoms with Crippen molar-refractivity contribution in [2.45, 2.75) is 25.8 Å². The number of ether oxygens (including phenoxy) is 3. The Hall–Kier alpha value is -3.36. The number of nitrogens with zero attached hydrogens (tertiary/aromatic N) is 2. The molecule has 8 heteroatoms. The van der Waals surface area contributed by atoms with Crippen molar-refractivity contribution in [2.75, 3.05) is 53.1 Å². The third-order valence-electron chi connectivity index (χ3n) is 6.51. The molecule has 1 N–H and O–H groups in total. The van der Waals surface area contributed by atoms with Crippen LogP contribution < -0.4 is 9.47 Å². The number of likely N-dealkylation sites (tertiary alicyclic amines) is 1. The minimum Gasteiger partial charge on any atom is -0.507 e. The van der Waals surface area contributed by atoms with E-state index >= 15 is 0 Å². The van der Waals surface area contributed by atoms with E-state index in [-0.39, 0.29) is 11.3 Å². The molecule has 8 nitrogen and oxygen atoms in total. The van der Waals surface area contributed by atoms with Gasteiger partial charge in [-0.2, -0.15) is 0 Å². The van der Waals surface area contributed by atoms with Gasteiger partial charge in [-0.25, -0.2) is 0 Å². The van der Waals surface area contributed by atoms with E-state index in [0.29, 0.717) is 55.4 Å². The van der Waals surface area contributed by atoms with Crippen LogP contribution in [0.2, 0.25) is 0 Å². The van der Waals surface area contributed by atoms with Crippen molar-refractivity contribution in [1.82, 2.24) is 9.80 Å². The van der Waals surface area contributed by atoms with E-state index in [1.807, 2.05) is 25.1 Å². The lowest BCUT2D eigenvalue weighted by Gasteiger charge is -2.29. The van der Waals surface area contributed by atoms with Crippen molar-refractivity contribution in [2.24, 2.45) is 0 Å². The molecule has 1 atom stereocenters. The number of carbonyl (C=O) groups excluding carboxylic acids is 2. The number of amides is 1. The van der Waals surface area contributed by atoms with Gasteiger partial charge in [-0.05, 0) is 42.7 Å². The van der Waals surface area contributed by atoms with Crippen molar-refractivity contribution in [3.63, 3.8) is 0 Å². The highest BCUT2D eigenvalue weighted by atomic mass is 16.5. The fourth-order valence-electron chi connectivity index (χ4n) is 4.67. The van der Waals surface area contributed by atoms with Crippen LogP contribution in [0.25, 0.3) is 5.76 Å². The van der Waals surface area contributed by atoms with Gasteiger partial charge in [0.25, 0.3) is 11.7 Å². The van der Waals surface area contributed by atoms with Crippen molar-refractivity contribution in [1.29, 1.82) is 0 Å². The van der Waals surface area contributed by atoms with Gasteiger partial charge in [0, 0.05) is 31.7 Å². The molecule has 0 bridgehead atoms. The number of methoxy groups -OCH3 is 1. The van der Waals surface area contributed by atoms with Crippen molar-refractivity contribution in [3.05, 3.63) is 65.2 Å². The van der Waals surface area contributed by atoms with Crippen LogP contribution in [0.5, 0.6) is 11.5 Å². The molecule has 36 heavy (non-hydrogen) atoms. The van der Waals surface area contributed by atoms with Gasteiger partial charge in [0.2, 0.25) is 0 Å². The number of benzene rings is 2. The van der Waals surface area contributed by atoms with E-state index in [2.05, 4.69) is 4.90 Å². The van der Waals surface area contributed by atoms with E-state index in [1.165, 1.54) is 0 Å². The van der Waals surface area contributed by atoms with Gasteiger partial charge in [0.05, 0.1) is 38.5 Å². The summed E-state index contributed by atoms with van der Waals surface area (Å²) in [7, 11) is 1.57. The highest BCUT2D eigenvalue weighted by Gasteiger charge is 2.46. The van der Waals surface area contributed by atoms with Gasteiger partial charge >= 0.3 is 0 Å². The molecule has 2 saturated heterocycles. The minimum absolute atomic E-state index is 0.0762. The molecule has 192 valence electrons. The van der Waals surface area contributed by atoms with Crippen molar-refractivity contribution in [3.8, 4) is 11.5 Å². The lowest BCUT2D eigenvalue weighted by Crippen LogP contribution is -2.38. The average molecular weight is 495 g/mol. The fraction of sp³-hybridized carbons (Fsp3) is 0.429. The molecule has 2 fully saturated rings. The van der Waals surface area contributed by atoms with Gasteiger partial charge in [-0.15, -0.1) is 0 Å². The molecular weight excluding hydrogens is 460 g/mol. The minimum atomic E-state index is -0.718. The molecule has 0 saturated carbocycles. The number of carbonyl (C=O) groups is 2. The summed E-state index contributed by atoms with van der Waals surface area (Å²) in [6.07, 6.45) is 1.55. The Bertz CT molecular complexity index is 1110. The maximum Gasteiger partial charge on any atom is 0.295 e. The molecule has 1 unspecified atom stereocenters. The topological polar surface area (TPSA) is 88.5 Å². The van der Waals surface area contributed by atoms with Gasteiger partial charge in [-0.3, -0.25) is 14.5 Å². The summed E-state index contributed by atoms with van der Waals surface area (Å²) in [5.41, 5.74) is 1.22. The van der Waals surface area contributed by atoms with E-state index in [1.54, 1.807) is 42.3 Å². The van der Waals surface area contributed by atoms with Crippen LogP contribution >= 0.6 is 0 Å². The van der Waals surface area contributed by atoms with Crippen molar-refractivity contribution < 1.29 is 28.9 Å². The number of aliphatic hydroxyl groups excluding tert-OH is 1. The Morgan fingerprint density at radius 2 is 1.81 bits per heavy atom. The third-order valence-corrected chi connectivity index (χ3v) is 6.51. The molecule has 2 aliphatic rings. The summed E-state index contributed by atoms with van der Waals surface area (Å²) in [6, 6.07) is 13.5. The molecular formula is C28H34N2O6. The van der Waals surface area contributed by atoms with Crippen LogP contribution in [-0.4, -0.2) is 79.7 Å². The molecule has 2 aromatic rings. The van der Waals surface area contributed by atoms with E-state index in [9.17, 15) is 14.7 Å². The molecule has 0 radical (unpaired) electrons. The highest BCUT2D eigenvalue weighted by Crippen LogP contribution is 2.40. The Morgan fingerprint density at radius 3 is 2.56 bits per heavy atom.